The Labute approximate surface area is 167 Å². The molecule has 0 radical (unpaired) electrons. The minimum atomic E-state index is 0.261. The third-order valence-corrected chi connectivity index (χ3v) is 2.98. The molecule has 11 heteroatoms. The highest BCUT2D eigenvalue weighted by Gasteiger charge is 2.05. The van der Waals surface area contributed by atoms with Crippen molar-refractivity contribution in [1.29, 1.82) is 5.41 Å². The van der Waals surface area contributed by atoms with Crippen molar-refractivity contribution in [3.05, 3.63) is 54.3 Å². The third kappa shape index (κ3) is 9.06. The summed E-state index contributed by atoms with van der Waals surface area (Å²) in [6, 6.07) is 7.72. The Hall–Kier alpha value is -3.86. The van der Waals surface area contributed by atoms with E-state index in [0.29, 0.717) is 18.7 Å². The van der Waals surface area contributed by atoms with Crippen LogP contribution < -0.4 is 15.8 Å². The summed E-state index contributed by atoms with van der Waals surface area (Å²) < 4.78 is 15.2. The molecule has 0 aliphatic carbocycles. The van der Waals surface area contributed by atoms with E-state index < -0.39 is 0 Å². The number of carbonyl (C=O) groups excluding carboxylic acids is 1. The number of rotatable bonds is 7. The lowest BCUT2D eigenvalue weighted by Crippen LogP contribution is -2.00. The molecule has 154 valence electrons. The second kappa shape index (κ2) is 14.2. The lowest BCUT2D eigenvalue weighted by atomic mass is 10.2. The molecule has 3 heterocycles. The number of pyridine rings is 1. The minimum absolute atomic E-state index is 0.261. The van der Waals surface area contributed by atoms with Gasteiger partial charge in [0.15, 0.2) is 0 Å². The van der Waals surface area contributed by atoms with Gasteiger partial charge in [0, 0.05) is 38.2 Å². The molecule has 0 spiro atoms. The maximum atomic E-state index is 9.06. The molecule has 0 saturated carbocycles. The van der Waals surface area contributed by atoms with E-state index in [9.17, 15) is 0 Å². The number of carbonyl (C=O) groups is 1. The van der Waals surface area contributed by atoms with Crippen LogP contribution in [0.4, 0.5) is 0 Å². The van der Waals surface area contributed by atoms with E-state index in [-0.39, 0.29) is 12.6 Å². The van der Waals surface area contributed by atoms with E-state index in [1.165, 1.54) is 6.26 Å². The van der Waals surface area contributed by atoms with Gasteiger partial charge >= 0.3 is 6.01 Å². The summed E-state index contributed by atoms with van der Waals surface area (Å²) in [5, 5.41) is 11.9. The summed E-state index contributed by atoms with van der Waals surface area (Å²) in [6.07, 6.45) is 6.20. The van der Waals surface area contributed by atoms with Gasteiger partial charge < -0.3 is 25.0 Å². The van der Waals surface area contributed by atoms with Gasteiger partial charge in [-0.25, -0.2) is 9.97 Å². The first-order valence-electron chi connectivity index (χ1n) is 8.29. The van der Waals surface area contributed by atoms with Crippen LogP contribution in [-0.4, -0.2) is 47.0 Å². The molecular weight excluding hydrogens is 378 g/mol. The fourth-order valence-corrected chi connectivity index (χ4v) is 1.84. The van der Waals surface area contributed by atoms with Crippen LogP contribution >= 0.6 is 0 Å². The topological polar surface area (TPSA) is 162 Å². The van der Waals surface area contributed by atoms with Gasteiger partial charge in [0.25, 0.3) is 0 Å². The molecule has 0 aliphatic heterocycles. The largest absolute Gasteiger partial charge is 0.457 e. The van der Waals surface area contributed by atoms with Crippen LogP contribution in [0.25, 0.3) is 11.3 Å². The smallest absolute Gasteiger partial charge is 0.316 e. The highest BCUT2D eigenvalue weighted by molar-refractivity contribution is 5.56. The lowest BCUT2D eigenvalue weighted by molar-refractivity contribution is -0.109. The molecule has 0 aromatic carbocycles. The Kier molecular flexibility index (Phi) is 11.4. The third-order valence-electron chi connectivity index (χ3n) is 2.98. The number of nitrogens with two attached hydrogens (primary N) is 1. The zero-order valence-corrected chi connectivity index (χ0v) is 16.1. The molecule has 0 fully saturated rings. The molecular formula is C18H23N7O4. The number of ether oxygens (including phenoxy) is 2. The van der Waals surface area contributed by atoms with Crippen molar-refractivity contribution < 1.29 is 18.8 Å². The molecule has 11 nitrogen and oxygen atoms in total. The molecule has 3 rings (SSSR count). The molecule has 0 unspecified atom stereocenters. The lowest BCUT2D eigenvalue weighted by Gasteiger charge is -2.05. The van der Waals surface area contributed by atoms with Crippen LogP contribution in [0, 0.1) is 5.41 Å². The summed E-state index contributed by atoms with van der Waals surface area (Å²) in [4.78, 5) is 21.9. The molecule has 29 heavy (non-hydrogen) atoms. The number of methoxy groups -OCH3 is 1. The Morgan fingerprint density at radius 1 is 1.21 bits per heavy atom. The van der Waals surface area contributed by atoms with Gasteiger partial charge in [0.05, 0.1) is 24.3 Å². The van der Waals surface area contributed by atoms with Gasteiger partial charge in [0.1, 0.15) is 18.6 Å². The van der Waals surface area contributed by atoms with Crippen molar-refractivity contribution in [2.24, 2.45) is 5.73 Å². The highest BCUT2D eigenvalue weighted by Crippen LogP contribution is 2.17. The molecule has 3 aromatic heterocycles. The monoisotopic (exact) mass is 401 g/mol. The number of hydrogen-bond donors (Lipinski definition) is 3. The molecule has 0 saturated heterocycles. The summed E-state index contributed by atoms with van der Waals surface area (Å²) >= 11 is 0. The van der Waals surface area contributed by atoms with Crippen LogP contribution in [0.2, 0.25) is 0 Å². The second-order valence-electron chi connectivity index (χ2n) is 5.05. The molecule has 0 aliphatic rings. The van der Waals surface area contributed by atoms with Gasteiger partial charge in [-0.1, -0.05) is 11.2 Å². The second-order valence-corrected chi connectivity index (χ2v) is 5.05. The predicted octanol–water partition coefficient (Wildman–Crippen LogP) is 1.17. The van der Waals surface area contributed by atoms with E-state index in [4.69, 9.17) is 24.2 Å². The summed E-state index contributed by atoms with van der Waals surface area (Å²) in [5.41, 5.74) is 7.53. The molecule has 4 N–H and O–H groups in total. The number of nitrogens with one attached hydrogen (secondary N) is 2. The van der Waals surface area contributed by atoms with Crippen molar-refractivity contribution in [2.45, 2.75) is 13.2 Å². The predicted molar refractivity (Wildman–Crippen MR) is 105 cm³/mol. The van der Waals surface area contributed by atoms with Crippen molar-refractivity contribution in [3.8, 4) is 17.3 Å². The van der Waals surface area contributed by atoms with Crippen LogP contribution in [0.15, 0.2) is 47.4 Å². The molecule has 0 bridgehead atoms. The Balaban J connectivity index is 0.000000526. The van der Waals surface area contributed by atoms with E-state index in [0.717, 1.165) is 23.3 Å². The maximum absolute atomic E-state index is 9.06. The first-order chi connectivity index (χ1) is 14.2. The number of hydrogen-bond acceptors (Lipinski definition) is 9. The van der Waals surface area contributed by atoms with Crippen molar-refractivity contribution in [3.63, 3.8) is 0 Å². The molecule has 0 atom stereocenters. The Morgan fingerprint density at radius 3 is 2.45 bits per heavy atom. The highest BCUT2D eigenvalue weighted by atomic mass is 16.5. The first kappa shape index (κ1) is 23.2. The fraction of sp³-hybridized carbons (Fsp3) is 0.222. The van der Waals surface area contributed by atoms with Gasteiger partial charge in [-0.2, -0.15) is 0 Å². The van der Waals surface area contributed by atoms with Crippen molar-refractivity contribution in [1.82, 2.24) is 25.4 Å². The number of nitrogens with zero attached hydrogens (tertiary/aromatic N) is 4. The van der Waals surface area contributed by atoms with Gasteiger partial charge in [0.2, 0.25) is 6.41 Å². The van der Waals surface area contributed by atoms with Gasteiger partial charge in [-0.05, 0) is 12.1 Å². The fourth-order valence-electron chi connectivity index (χ4n) is 1.84. The van der Waals surface area contributed by atoms with Crippen LogP contribution in [0.5, 0.6) is 6.01 Å². The van der Waals surface area contributed by atoms with Crippen molar-refractivity contribution >= 4 is 12.7 Å². The van der Waals surface area contributed by atoms with Gasteiger partial charge in [-0.3, -0.25) is 15.2 Å². The molecule has 1 amide bonds. The molecule has 3 aromatic rings. The van der Waals surface area contributed by atoms with Gasteiger partial charge in [-0.15, -0.1) is 0 Å². The van der Waals surface area contributed by atoms with E-state index in [1.54, 1.807) is 32.6 Å². The Morgan fingerprint density at radius 2 is 1.90 bits per heavy atom. The standard InChI is InChI=1S/C15H14N4O3.C2H5NO.CH4N2/c1-20-9-12-3-2-4-14(18-12)11-7-16-15(17-8-11)21-10-13-5-6-22-19-13;1-3-2-4;2-1-3/h2-8H,9-10H2,1H3;2H,1H3,(H,3,4);1H,(H3,2,3). The van der Waals surface area contributed by atoms with E-state index in [2.05, 4.69) is 31.2 Å². The zero-order chi connectivity index (χ0) is 21.3. The maximum Gasteiger partial charge on any atom is 0.316 e. The normalized spacial score (nSPS) is 9.17. The average Bonchev–Trinajstić information content (AvgIpc) is 3.28. The van der Waals surface area contributed by atoms with E-state index >= 15 is 0 Å². The summed E-state index contributed by atoms with van der Waals surface area (Å²) in [5.74, 6) is 0. The van der Waals surface area contributed by atoms with Crippen LogP contribution in [-0.2, 0) is 22.7 Å². The number of amides is 1. The quantitative estimate of drug-likeness (QED) is 0.299. The van der Waals surface area contributed by atoms with Crippen LogP contribution in [0.3, 0.4) is 0 Å². The summed E-state index contributed by atoms with van der Waals surface area (Å²) in [7, 11) is 3.20. The number of aromatic nitrogens is 4. The van der Waals surface area contributed by atoms with Crippen molar-refractivity contribution in [2.75, 3.05) is 14.2 Å². The Bertz CT molecular complexity index is 826. The van der Waals surface area contributed by atoms with Crippen LogP contribution in [0.1, 0.15) is 11.4 Å². The van der Waals surface area contributed by atoms with E-state index in [1.807, 2.05) is 18.2 Å². The SMILES string of the molecule is CNC=O.COCc1cccc(-c2cnc(OCc3ccon3)nc2)n1.N=CN. The minimum Gasteiger partial charge on any atom is -0.457 e. The average molecular weight is 401 g/mol. The first-order valence-corrected chi connectivity index (χ1v) is 8.29. The summed E-state index contributed by atoms with van der Waals surface area (Å²) in [6.45, 7) is 0.727. The zero-order valence-electron chi connectivity index (χ0n) is 16.1.